The maximum atomic E-state index is 11.7. The third kappa shape index (κ3) is 4.31. The number of sulfone groups is 1. The zero-order valence-electron chi connectivity index (χ0n) is 13.8. The van der Waals surface area contributed by atoms with Crippen molar-refractivity contribution in [2.24, 2.45) is 0 Å². The highest BCUT2D eigenvalue weighted by Crippen LogP contribution is 2.31. The van der Waals surface area contributed by atoms with Crippen molar-refractivity contribution in [3.05, 3.63) is 54.4 Å². The van der Waals surface area contributed by atoms with Gasteiger partial charge in [-0.2, -0.15) is 0 Å². The number of aliphatic hydroxyl groups excluding tert-OH is 1. The van der Waals surface area contributed by atoms with E-state index < -0.39 is 15.9 Å². The lowest BCUT2D eigenvalue weighted by molar-refractivity contribution is 0.204. The first-order chi connectivity index (χ1) is 12.0. The fourth-order valence-electron chi connectivity index (χ4n) is 2.93. The van der Waals surface area contributed by atoms with E-state index in [0.717, 1.165) is 5.56 Å². The summed E-state index contributed by atoms with van der Waals surface area (Å²) in [5.74, 6) is 1.35. The molecule has 1 aromatic carbocycles. The Bertz CT molecular complexity index is 834. The van der Waals surface area contributed by atoms with Gasteiger partial charge in [0, 0.05) is 18.2 Å². The Morgan fingerprint density at radius 3 is 2.76 bits per heavy atom. The van der Waals surface area contributed by atoms with Crippen LogP contribution < -0.4 is 0 Å². The molecule has 3 rings (SSSR count). The van der Waals surface area contributed by atoms with Crippen LogP contribution in [-0.2, 0) is 16.4 Å². The largest absolute Gasteiger partial charge is 0.388 e. The molecule has 0 amide bonds. The van der Waals surface area contributed by atoms with E-state index in [2.05, 4.69) is 16.8 Å². The van der Waals surface area contributed by atoms with E-state index in [-0.39, 0.29) is 17.4 Å². The lowest BCUT2D eigenvalue weighted by atomic mass is 10.1. The van der Waals surface area contributed by atoms with Gasteiger partial charge in [0.1, 0.15) is 5.82 Å². The molecule has 0 aliphatic carbocycles. The number of rotatable bonds is 7. The van der Waals surface area contributed by atoms with Gasteiger partial charge < -0.3 is 9.67 Å². The van der Waals surface area contributed by atoms with Gasteiger partial charge in [0.2, 0.25) is 0 Å². The van der Waals surface area contributed by atoms with Crippen molar-refractivity contribution in [3.63, 3.8) is 0 Å². The van der Waals surface area contributed by atoms with E-state index in [9.17, 15) is 13.5 Å². The third-order valence-corrected chi connectivity index (χ3v) is 7.02. The van der Waals surface area contributed by atoms with Crippen LogP contribution in [0.15, 0.2) is 48.1 Å². The summed E-state index contributed by atoms with van der Waals surface area (Å²) in [6.45, 7) is 4.28. The molecule has 0 spiro atoms. The van der Waals surface area contributed by atoms with Crippen LogP contribution in [-0.4, -0.2) is 45.5 Å². The van der Waals surface area contributed by atoms with Gasteiger partial charge in [-0.1, -0.05) is 48.2 Å². The minimum absolute atomic E-state index is 0.120. The lowest BCUT2D eigenvalue weighted by Gasteiger charge is -2.13. The van der Waals surface area contributed by atoms with Crippen LogP contribution in [0.1, 0.15) is 29.8 Å². The first kappa shape index (κ1) is 18.2. The maximum absolute atomic E-state index is 11.7. The van der Waals surface area contributed by atoms with E-state index >= 15 is 0 Å². The molecule has 1 aliphatic heterocycles. The molecule has 2 aromatic rings. The van der Waals surface area contributed by atoms with Crippen molar-refractivity contribution >= 4 is 21.6 Å². The zero-order chi connectivity index (χ0) is 17.9. The Kier molecular flexibility index (Phi) is 5.61. The second-order valence-electron chi connectivity index (χ2n) is 6.08. The van der Waals surface area contributed by atoms with Gasteiger partial charge in [-0.3, -0.25) is 0 Å². The molecule has 8 heteroatoms. The standard InChI is InChI=1S/C17H21N3O3S2/c1-2-9-20-16(14-8-10-25(22,23)12-14)18-19-17(20)24-11-15(21)13-6-4-3-5-7-13/h2-7,14-15,21H,1,8-12H2/t14-,15-/m1/s1. The van der Waals surface area contributed by atoms with Crippen LogP contribution in [0.5, 0.6) is 0 Å². The molecule has 134 valence electrons. The fraction of sp³-hybridized carbons (Fsp3) is 0.412. The summed E-state index contributed by atoms with van der Waals surface area (Å²) in [7, 11) is -2.98. The number of aliphatic hydroxyl groups is 1. The SMILES string of the molecule is C=CCn1c(SC[C@@H](O)c2ccccc2)nnc1[C@@H]1CCS(=O)(=O)C1. The molecule has 6 nitrogen and oxygen atoms in total. The van der Waals surface area contributed by atoms with Crippen molar-refractivity contribution in [3.8, 4) is 0 Å². The summed E-state index contributed by atoms with van der Waals surface area (Å²) in [6.07, 6.45) is 1.72. The average molecular weight is 380 g/mol. The minimum Gasteiger partial charge on any atom is -0.388 e. The van der Waals surface area contributed by atoms with Crippen LogP contribution in [0.4, 0.5) is 0 Å². The molecule has 2 heterocycles. The van der Waals surface area contributed by atoms with Crippen LogP contribution in [0.2, 0.25) is 0 Å². The first-order valence-corrected chi connectivity index (χ1v) is 10.9. The molecule has 0 radical (unpaired) electrons. The molecule has 1 fully saturated rings. The molecule has 0 unspecified atom stereocenters. The molecular weight excluding hydrogens is 358 g/mol. The van der Waals surface area contributed by atoms with Crippen molar-refractivity contribution in [2.45, 2.75) is 30.1 Å². The van der Waals surface area contributed by atoms with E-state index in [1.165, 1.54) is 11.8 Å². The van der Waals surface area contributed by atoms with Crippen molar-refractivity contribution in [1.29, 1.82) is 0 Å². The monoisotopic (exact) mass is 379 g/mol. The number of thioether (sulfide) groups is 1. The third-order valence-electron chi connectivity index (χ3n) is 4.21. The zero-order valence-corrected chi connectivity index (χ0v) is 15.4. The predicted octanol–water partition coefficient (Wildman–Crippen LogP) is 2.19. The Morgan fingerprint density at radius 2 is 2.12 bits per heavy atom. The van der Waals surface area contributed by atoms with Crippen molar-refractivity contribution < 1.29 is 13.5 Å². The Hall–Kier alpha value is -1.64. The highest BCUT2D eigenvalue weighted by Gasteiger charge is 2.33. The summed E-state index contributed by atoms with van der Waals surface area (Å²) < 4.78 is 25.4. The highest BCUT2D eigenvalue weighted by atomic mass is 32.2. The molecule has 1 N–H and O–H groups in total. The topological polar surface area (TPSA) is 85.1 Å². The highest BCUT2D eigenvalue weighted by molar-refractivity contribution is 7.99. The Labute approximate surface area is 151 Å². The predicted molar refractivity (Wildman–Crippen MR) is 98.4 cm³/mol. The van der Waals surface area contributed by atoms with Gasteiger partial charge in [0.15, 0.2) is 15.0 Å². The van der Waals surface area contributed by atoms with Gasteiger partial charge in [-0.05, 0) is 12.0 Å². The summed E-state index contributed by atoms with van der Waals surface area (Å²) >= 11 is 1.41. The average Bonchev–Trinajstić information content (AvgIpc) is 3.16. The Balaban J connectivity index is 1.74. The second kappa shape index (κ2) is 7.72. The summed E-state index contributed by atoms with van der Waals surface area (Å²) in [5.41, 5.74) is 0.854. The number of nitrogens with zero attached hydrogens (tertiary/aromatic N) is 3. The quantitative estimate of drug-likeness (QED) is 0.586. The lowest BCUT2D eigenvalue weighted by Crippen LogP contribution is -2.11. The fourth-order valence-corrected chi connectivity index (χ4v) is 5.59. The number of aromatic nitrogens is 3. The molecule has 2 atom stereocenters. The van der Waals surface area contributed by atoms with E-state index in [1.54, 1.807) is 6.08 Å². The molecule has 1 aromatic heterocycles. The number of hydrogen-bond acceptors (Lipinski definition) is 6. The summed E-state index contributed by atoms with van der Waals surface area (Å²) in [6, 6.07) is 9.46. The minimum atomic E-state index is -2.98. The summed E-state index contributed by atoms with van der Waals surface area (Å²) in [5, 5.41) is 19.4. The van der Waals surface area contributed by atoms with Gasteiger partial charge >= 0.3 is 0 Å². The van der Waals surface area contributed by atoms with Gasteiger partial charge in [0.25, 0.3) is 0 Å². The molecule has 0 bridgehead atoms. The Morgan fingerprint density at radius 1 is 1.36 bits per heavy atom. The van der Waals surface area contributed by atoms with Crippen molar-refractivity contribution in [1.82, 2.24) is 14.8 Å². The van der Waals surface area contributed by atoms with Crippen molar-refractivity contribution in [2.75, 3.05) is 17.3 Å². The van der Waals surface area contributed by atoms with Crippen LogP contribution in [0.25, 0.3) is 0 Å². The maximum Gasteiger partial charge on any atom is 0.191 e. The normalized spacial score (nSPS) is 20.4. The molecule has 25 heavy (non-hydrogen) atoms. The van der Waals surface area contributed by atoms with E-state index in [0.29, 0.717) is 29.7 Å². The number of benzene rings is 1. The first-order valence-electron chi connectivity index (χ1n) is 8.10. The van der Waals surface area contributed by atoms with Gasteiger partial charge in [-0.25, -0.2) is 8.42 Å². The van der Waals surface area contributed by atoms with Gasteiger partial charge in [0.05, 0.1) is 17.6 Å². The summed E-state index contributed by atoms with van der Waals surface area (Å²) in [4.78, 5) is 0. The van der Waals surface area contributed by atoms with Crippen LogP contribution in [0, 0.1) is 0 Å². The molecule has 1 aliphatic rings. The smallest absolute Gasteiger partial charge is 0.191 e. The van der Waals surface area contributed by atoms with Crippen LogP contribution >= 0.6 is 11.8 Å². The molecular formula is C17H21N3O3S2. The van der Waals surface area contributed by atoms with Crippen LogP contribution in [0.3, 0.4) is 0 Å². The second-order valence-corrected chi connectivity index (χ2v) is 9.29. The molecule has 1 saturated heterocycles. The number of hydrogen-bond donors (Lipinski definition) is 1. The van der Waals surface area contributed by atoms with E-state index in [1.807, 2.05) is 34.9 Å². The van der Waals surface area contributed by atoms with Gasteiger partial charge in [-0.15, -0.1) is 16.8 Å². The number of allylic oxidation sites excluding steroid dienone is 1. The molecule has 0 saturated carbocycles. The van der Waals surface area contributed by atoms with E-state index in [4.69, 9.17) is 0 Å².